The fraction of sp³-hybridized carbons (Fsp3) is 0.0278. The molecule has 0 unspecified atom stereocenters. The average molecular weight is 502 g/mol. The van der Waals surface area contributed by atoms with Crippen molar-refractivity contribution in [2.45, 2.75) is 6.92 Å². The topological polar surface area (TPSA) is 21.1 Å². The third-order valence-electron chi connectivity index (χ3n) is 7.31. The van der Waals surface area contributed by atoms with Crippen molar-refractivity contribution in [3.05, 3.63) is 151 Å². The summed E-state index contributed by atoms with van der Waals surface area (Å²) in [7, 11) is 0. The van der Waals surface area contributed by atoms with Gasteiger partial charge in [0.25, 0.3) is 0 Å². The van der Waals surface area contributed by atoms with E-state index < -0.39 is 0 Å². The van der Waals surface area contributed by atoms with Crippen molar-refractivity contribution in [3.63, 3.8) is 0 Å². The van der Waals surface area contributed by atoms with Crippen molar-refractivity contribution in [3.8, 4) is 17.1 Å². The second-order valence-electron chi connectivity index (χ2n) is 9.80. The Hall–Kier alpha value is -5.15. The number of anilines is 3. The smallest absolute Gasteiger partial charge is 0.145 e. The Kier molecular flexibility index (Phi) is 5.68. The van der Waals surface area contributed by atoms with E-state index in [1.807, 2.05) is 6.07 Å². The molecule has 0 aliphatic carbocycles. The number of aromatic nitrogens is 2. The fourth-order valence-corrected chi connectivity index (χ4v) is 5.38. The van der Waals surface area contributed by atoms with Gasteiger partial charge >= 0.3 is 0 Å². The third-order valence-corrected chi connectivity index (χ3v) is 7.31. The first-order chi connectivity index (χ1) is 19.3. The summed E-state index contributed by atoms with van der Waals surface area (Å²) in [6.07, 6.45) is 0. The summed E-state index contributed by atoms with van der Waals surface area (Å²) in [6, 6.07) is 51.3. The van der Waals surface area contributed by atoms with Gasteiger partial charge in [-0.3, -0.25) is 4.57 Å². The van der Waals surface area contributed by atoms with Gasteiger partial charge in [0.2, 0.25) is 0 Å². The van der Waals surface area contributed by atoms with Gasteiger partial charge in [0.15, 0.2) is 0 Å². The lowest BCUT2D eigenvalue weighted by atomic mass is 10.1. The summed E-state index contributed by atoms with van der Waals surface area (Å²) < 4.78 is 2.28. The summed E-state index contributed by atoms with van der Waals surface area (Å²) in [5.74, 6) is 0.939. The lowest BCUT2D eigenvalue weighted by Gasteiger charge is -2.26. The molecule has 39 heavy (non-hydrogen) atoms. The summed E-state index contributed by atoms with van der Waals surface area (Å²) in [5.41, 5.74) is 8.86. The van der Waals surface area contributed by atoms with Gasteiger partial charge in [-0.05, 0) is 90.0 Å². The van der Waals surface area contributed by atoms with Crippen LogP contribution >= 0.6 is 0 Å². The quantitative estimate of drug-likeness (QED) is 0.234. The number of nitrogens with zero attached hydrogens (tertiary/aromatic N) is 3. The van der Waals surface area contributed by atoms with Crippen molar-refractivity contribution in [1.29, 1.82) is 0 Å². The van der Waals surface area contributed by atoms with Gasteiger partial charge in [0.05, 0.1) is 16.7 Å². The maximum Gasteiger partial charge on any atom is 0.145 e. The van der Waals surface area contributed by atoms with Gasteiger partial charge in [0, 0.05) is 22.6 Å². The molecule has 0 atom stereocenters. The number of aryl methyl sites for hydroxylation is 1. The molecular weight excluding hydrogens is 474 g/mol. The van der Waals surface area contributed by atoms with Crippen LogP contribution in [0.15, 0.2) is 146 Å². The molecule has 7 rings (SSSR count). The van der Waals surface area contributed by atoms with Crippen LogP contribution < -0.4 is 4.90 Å². The van der Waals surface area contributed by atoms with E-state index in [2.05, 4.69) is 156 Å². The number of fused-ring (bicyclic) bond motifs is 2. The van der Waals surface area contributed by atoms with Gasteiger partial charge in [-0.25, -0.2) is 4.98 Å². The molecule has 0 saturated heterocycles. The molecule has 186 valence electrons. The Labute approximate surface area is 228 Å². The molecule has 1 heterocycles. The molecule has 0 fully saturated rings. The molecule has 0 radical (unpaired) electrons. The Morgan fingerprint density at radius 1 is 0.538 bits per heavy atom. The van der Waals surface area contributed by atoms with Crippen molar-refractivity contribution < 1.29 is 0 Å². The van der Waals surface area contributed by atoms with Crippen LogP contribution in [0.2, 0.25) is 0 Å². The van der Waals surface area contributed by atoms with Crippen LogP contribution in [-0.2, 0) is 0 Å². The Bertz CT molecular complexity index is 1920. The molecule has 1 aromatic heterocycles. The average Bonchev–Trinajstić information content (AvgIpc) is 3.38. The van der Waals surface area contributed by atoms with Gasteiger partial charge in [-0.2, -0.15) is 0 Å². The monoisotopic (exact) mass is 501 g/mol. The Morgan fingerprint density at radius 2 is 1.18 bits per heavy atom. The lowest BCUT2D eigenvalue weighted by molar-refractivity contribution is 1.08. The standard InChI is InChI=1S/C36H27N3/c1-26-11-5-9-17-34(26)39-35-18-10-8-16-33(35)37-36(39)28-20-22-31(23-21-28)38(30-14-3-2-4-15-30)32-24-19-27-12-6-7-13-29(27)25-32/h2-25H,1H3. The number of rotatable bonds is 5. The molecule has 0 N–H and O–H groups in total. The van der Waals surface area contributed by atoms with Crippen LogP contribution in [0.25, 0.3) is 38.9 Å². The van der Waals surface area contributed by atoms with Gasteiger partial charge in [-0.15, -0.1) is 0 Å². The fourth-order valence-electron chi connectivity index (χ4n) is 5.38. The zero-order valence-electron chi connectivity index (χ0n) is 21.7. The number of imidazole rings is 1. The van der Waals surface area contributed by atoms with E-state index in [0.717, 1.165) is 45.2 Å². The van der Waals surface area contributed by atoms with E-state index in [-0.39, 0.29) is 0 Å². The molecule has 3 heteroatoms. The van der Waals surface area contributed by atoms with Crippen LogP contribution in [0, 0.1) is 6.92 Å². The van der Waals surface area contributed by atoms with Crippen molar-refractivity contribution >= 4 is 38.9 Å². The van der Waals surface area contributed by atoms with E-state index in [1.54, 1.807) is 0 Å². The summed E-state index contributed by atoms with van der Waals surface area (Å²) in [5, 5.41) is 2.46. The normalized spacial score (nSPS) is 11.2. The second-order valence-corrected chi connectivity index (χ2v) is 9.80. The highest BCUT2D eigenvalue weighted by Crippen LogP contribution is 2.37. The SMILES string of the molecule is Cc1ccccc1-n1c(-c2ccc(N(c3ccccc3)c3ccc4ccccc4c3)cc2)nc2ccccc21. The maximum atomic E-state index is 5.07. The minimum Gasteiger partial charge on any atom is -0.310 e. The Balaban J connectivity index is 1.36. The first-order valence-corrected chi connectivity index (χ1v) is 13.2. The van der Waals surface area contributed by atoms with E-state index in [9.17, 15) is 0 Å². The summed E-state index contributed by atoms with van der Waals surface area (Å²) in [4.78, 5) is 7.38. The molecule has 0 aliphatic heterocycles. The highest BCUT2D eigenvalue weighted by molar-refractivity contribution is 5.90. The minimum absolute atomic E-state index is 0.939. The number of hydrogen-bond acceptors (Lipinski definition) is 2. The maximum absolute atomic E-state index is 5.07. The van der Waals surface area contributed by atoms with Gasteiger partial charge in [-0.1, -0.05) is 78.9 Å². The molecule has 6 aromatic carbocycles. The molecule has 0 saturated carbocycles. The van der Waals surface area contributed by atoms with E-state index in [1.165, 1.54) is 16.3 Å². The largest absolute Gasteiger partial charge is 0.310 e. The lowest BCUT2D eigenvalue weighted by Crippen LogP contribution is -2.09. The first-order valence-electron chi connectivity index (χ1n) is 13.2. The predicted octanol–water partition coefficient (Wildman–Crippen LogP) is 9.62. The van der Waals surface area contributed by atoms with E-state index >= 15 is 0 Å². The number of benzene rings is 6. The van der Waals surface area contributed by atoms with Crippen LogP contribution in [0.4, 0.5) is 17.1 Å². The number of hydrogen-bond donors (Lipinski definition) is 0. The van der Waals surface area contributed by atoms with E-state index in [4.69, 9.17) is 4.98 Å². The summed E-state index contributed by atoms with van der Waals surface area (Å²) >= 11 is 0. The molecule has 3 nitrogen and oxygen atoms in total. The van der Waals surface area contributed by atoms with Crippen molar-refractivity contribution in [2.24, 2.45) is 0 Å². The Morgan fingerprint density at radius 3 is 2.00 bits per heavy atom. The van der Waals surface area contributed by atoms with Crippen LogP contribution in [0.5, 0.6) is 0 Å². The molecule has 0 aliphatic rings. The zero-order chi connectivity index (χ0) is 26.2. The highest BCUT2D eigenvalue weighted by atomic mass is 15.1. The molecule has 0 spiro atoms. The van der Waals surface area contributed by atoms with E-state index in [0.29, 0.717) is 0 Å². The van der Waals surface area contributed by atoms with Gasteiger partial charge < -0.3 is 4.90 Å². The third kappa shape index (κ3) is 4.14. The number of para-hydroxylation sites is 4. The minimum atomic E-state index is 0.939. The highest BCUT2D eigenvalue weighted by Gasteiger charge is 2.17. The summed E-state index contributed by atoms with van der Waals surface area (Å²) in [6.45, 7) is 2.15. The molecule has 0 bridgehead atoms. The van der Waals surface area contributed by atoms with Crippen LogP contribution in [0.1, 0.15) is 5.56 Å². The van der Waals surface area contributed by atoms with Gasteiger partial charge in [0.1, 0.15) is 5.82 Å². The molecule has 7 aromatic rings. The molecular formula is C36H27N3. The zero-order valence-corrected chi connectivity index (χ0v) is 21.7. The van der Waals surface area contributed by atoms with Crippen molar-refractivity contribution in [2.75, 3.05) is 4.90 Å². The van der Waals surface area contributed by atoms with Crippen molar-refractivity contribution in [1.82, 2.24) is 9.55 Å². The van der Waals surface area contributed by atoms with Crippen LogP contribution in [0.3, 0.4) is 0 Å². The second kappa shape index (κ2) is 9.62. The van der Waals surface area contributed by atoms with Crippen LogP contribution in [-0.4, -0.2) is 9.55 Å². The predicted molar refractivity (Wildman–Crippen MR) is 163 cm³/mol. The molecule has 0 amide bonds. The first kappa shape index (κ1) is 23.0.